The maximum atomic E-state index is 14.9. The topological polar surface area (TPSA) is 77.3 Å². The maximum Gasteiger partial charge on any atom is 0.319 e. The number of benzene rings is 1. The number of rotatable bonds is 5. The van der Waals surface area contributed by atoms with Crippen molar-refractivity contribution in [1.82, 2.24) is 20.2 Å². The van der Waals surface area contributed by atoms with E-state index >= 15 is 0 Å². The third-order valence-electron chi connectivity index (χ3n) is 5.69. The van der Waals surface area contributed by atoms with E-state index < -0.39 is 5.82 Å². The minimum absolute atomic E-state index is 0.0515. The number of hydrogen-bond donors (Lipinski definition) is 1. The zero-order valence-electron chi connectivity index (χ0n) is 16.4. The number of fused-ring (bicyclic) bond motifs is 1. The second-order valence-corrected chi connectivity index (χ2v) is 8.49. The van der Waals surface area contributed by atoms with Crippen molar-refractivity contribution in [2.75, 3.05) is 44.7 Å². The fourth-order valence-corrected chi connectivity index (χ4v) is 4.35. The highest BCUT2D eigenvalue weighted by molar-refractivity contribution is 9.10. The average molecular weight is 463 g/mol. The van der Waals surface area contributed by atoms with Crippen LogP contribution < -0.4 is 15.0 Å². The normalized spacial score (nSPS) is 22.8. The molecule has 0 saturated carbocycles. The van der Waals surface area contributed by atoms with Crippen LogP contribution in [0, 0.1) is 17.1 Å². The molecule has 3 heterocycles. The second-order valence-electron chi connectivity index (χ2n) is 7.63. The number of ether oxygens (including phenoxy) is 1. The van der Waals surface area contributed by atoms with E-state index in [-0.39, 0.29) is 17.6 Å². The molecule has 1 aromatic heterocycles. The molecule has 2 aromatic rings. The minimum Gasteiger partial charge on any atom is -0.462 e. The van der Waals surface area contributed by atoms with Crippen LogP contribution in [0.15, 0.2) is 16.6 Å². The van der Waals surface area contributed by atoms with E-state index in [0.29, 0.717) is 41.3 Å². The van der Waals surface area contributed by atoms with Gasteiger partial charge in [-0.05, 0) is 54.5 Å². The van der Waals surface area contributed by atoms with Gasteiger partial charge in [-0.25, -0.2) is 4.39 Å². The highest BCUT2D eigenvalue weighted by Gasteiger charge is 2.26. The highest BCUT2D eigenvalue weighted by atomic mass is 79.9. The average Bonchev–Trinajstić information content (AvgIpc) is 3.14. The number of hydrogen-bond acceptors (Lipinski definition) is 7. The largest absolute Gasteiger partial charge is 0.462 e. The zero-order chi connectivity index (χ0) is 20.4. The summed E-state index contributed by atoms with van der Waals surface area (Å²) in [6.45, 7) is 3.62. The van der Waals surface area contributed by atoms with Gasteiger partial charge < -0.3 is 19.9 Å². The lowest BCUT2D eigenvalue weighted by atomic mass is 10.1. The van der Waals surface area contributed by atoms with E-state index in [1.807, 2.05) is 6.07 Å². The van der Waals surface area contributed by atoms with Gasteiger partial charge in [0.2, 0.25) is 0 Å². The number of piperazine rings is 1. The van der Waals surface area contributed by atoms with Crippen LogP contribution in [0.5, 0.6) is 6.01 Å². The summed E-state index contributed by atoms with van der Waals surface area (Å²) < 4.78 is 21.1. The fourth-order valence-electron chi connectivity index (χ4n) is 4.03. The Labute approximate surface area is 178 Å². The Morgan fingerprint density at radius 2 is 2.24 bits per heavy atom. The number of nitrogens with one attached hydrogen (secondary N) is 1. The Hall–Kier alpha value is -2.02. The molecule has 0 aliphatic carbocycles. The first-order valence-corrected chi connectivity index (χ1v) is 10.7. The smallest absolute Gasteiger partial charge is 0.319 e. The Kier molecular flexibility index (Phi) is 6.13. The van der Waals surface area contributed by atoms with Gasteiger partial charge in [-0.1, -0.05) is 0 Å². The molecule has 29 heavy (non-hydrogen) atoms. The van der Waals surface area contributed by atoms with Crippen molar-refractivity contribution >= 4 is 32.7 Å². The van der Waals surface area contributed by atoms with Crippen molar-refractivity contribution in [1.29, 1.82) is 5.26 Å². The number of likely N-dealkylation sites (N-methyl/N-ethyl adjacent to an activating group) is 1. The molecule has 0 amide bonds. The molecular weight excluding hydrogens is 439 g/mol. The van der Waals surface area contributed by atoms with Crippen molar-refractivity contribution in [3.05, 3.63) is 22.4 Å². The van der Waals surface area contributed by atoms with E-state index in [0.717, 1.165) is 32.5 Å². The van der Waals surface area contributed by atoms with Gasteiger partial charge >= 0.3 is 6.01 Å². The predicted octanol–water partition coefficient (Wildman–Crippen LogP) is 2.70. The quantitative estimate of drug-likeness (QED) is 0.731. The van der Waals surface area contributed by atoms with E-state index in [2.05, 4.69) is 54.1 Å². The molecule has 2 aliphatic rings. The van der Waals surface area contributed by atoms with Crippen LogP contribution in [0.3, 0.4) is 0 Å². The Bertz CT molecular complexity index is 935. The molecule has 2 unspecified atom stereocenters. The summed E-state index contributed by atoms with van der Waals surface area (Å²) in [6.07, 6.45) is 2.64. The van der Waals surface area contributed by atoms with Gasteiger partial charge in [0.25, 0.3) is 0 Å². The number of likely N-dealkylation sites (tertiary alicyclic amines) is 1. The number of halogens is 2. The predicted molar refractivity (Wildman–Crippen MR) is 113 cm³/mol. The lowest BCUT2D eigenvalue weighted by molar-refractivity contribution is 0.188. The molecule has 2 fully saturated rings. The van der Waals surface area contributed by atoms with Gasteiger partial charge in [0.15, 0.2) is 5.82 Å². The monoisotopic (exact) mass is 462 g/mol. The van der Waals surface area contributed by atoms with Crippen LogP contribution in [0.1, 0.15) is 19.3 Å². The molecule has 9 heteroatoms. The number of aromatic nitrogens is 2. The molecule has 1 aromatic carbocycles. The van der Waals surface area contributed by atoms with Crippen LogP contribution in [-0.4, -0.2) is 66.8 Å². The maximum absolute atomic E-state index is 14.9. The third kappa shape index (κ3) is 4.29. The molecule has 4 rings (SSSR count). The lowest BCUT2D eigenvalue weighted by Crippen LogP contribution is -2.51. The SMILES string of the molecule is CN1CCCC1COc1nc(N2CCNC(CC#N)C2)c2ccc(Br)c(F)c2n1. The molecule has 0 bridgehead atoms. The number of nitriles is 1. The van der Waals surface area contributed by atoms with Gasteiger partial charge in [0.1, 0.15) is 17.9 Å². The summed E-state index contributed by atoms with van der Waals surface area (Å²) in [7, 11) is 2.08. The molecule has 0 radical (unpaired) electrons. The first kappa shape index (κ1) is 20.3. The first-order chi connectivity index (χ1) is 14.1. The molecule has 7 nitrogen and oxygen atoms in total. The molecule has 2 saturated heterocycles. The Morgan fingerprint density at radius 1 is 1.38 bits per heavy atom. The van der Waals surface area contributed by atoms with Gasteiger partial charge in [-0.15, -0.1) is 0 Å². The summed E-state index contributed by atoms with van der Waals surface area (Å²) in [5, 5.41) is 13.0. The van der Waals surface area contributed by atoms with E-state index in [9.17, 15) is 4.39 Å². The lowest BCUT2D eigenvalue weighted by Gasteiger charge is -2.34. The highest BCUT2D eigenvalue weighted by Crippen LogP contribution is 2.32. The molecule has 1 N–H and O–H groups in total. The van der Waals surface area contributed by atoms with Crippen LogP contribution in [0.25, 0.3) is 10.9 Å². The van der Waals surface area contributed by atoms with Crippen LogP contribution >= 0.6 is 15.9 Å². The van der Waals surface area contributed by atoms with E-state index in [1.54, 1.807) is 6.07 Å². The van der Waals surface area contributed by atoms with E-state index in [4.69, 9.17) is 10.00 Å². The molecule has 0 spiro atoms. The first-order valence-electron chi connectivity index (χ1n) is 9.91. The molecule has 2 aliphatic heterocycles. The molecule has 2 atom stereocenters. The molecule has 154 valence electrons. The summed E-state index contributed by atoms with van der Waals surface area (Å²) in [5.74, 6) is 0.235. The van der Waals surface area contributed by atoms with E-state index in [1.165, 1.54) is 0 Å². The van der Waals surface area contributed by atoms with Crippen LogP contribution in [0.2, 0.25) is 0 Å². The summed E-state index contributed by atoms with van der Waals surface area (Å²) in [6, 6.07) is 6.28. The van der Waals surface area contributed by atoms with Crippen molar-refractivity contribution in [3.8, 4) is 12.1 Å². The minimum atomic E-state index is -0.419. The van der Waals surface area contributed by atoms with Crippen molar-refractivity contribution < 1.29 is 9.13 Å². The van der Waals surface area contributed by atoms with Gasteiger partial charge in [0, 0.05) is 37.1 Å². The zero-order valence-corrected chi connectivity index (χ0v) is 18.0. The molecular formula is C20H24BrFN6O. The number of nitrogens with zero attached hydrogens (tertiary/aromatic N) is 5. The number of anilines is 1. The standard InChI is InChI=1S/C20H24BrFN6O/c1-27-9-2-3-14(27)12-29-20-25-18-15(4-5-16(21)17(18)22)19(26-20)28-10-8-24-13(11-28)6-7-23/h4-5,13-14,24H,2-3,6,8-12H2,1H3. The van der Waals surface area contributed by atoms with Crippen LogP contribution in [0.4, 0.5) is 10.2 Å². The van der Waals surface area contributed by atoms with Crippen molar-refractivity contribution in [2.24, 2.45) is 0 Å². The van der Waals surface area contributed by atoms with Gasteiger partial charge in [-0.3, -0.25) is 0 Å². The third-order valence-corrected chi connectivity index (χ3v) is 6.30. The van der Waals surface area contributed by atoms with Crippen molar-refractivity contribution in [3.63, 3.8) is 0 Å². The summed E-state index contributed by atoms with van der Waals surface area (Å²) in [5.41, 5.74) is 0.245. The fraction of sp³-hybridized carbons (Fsp3) is 0.550. The van der Waals surface area contributed by atoms with Crippen molar-refractivity contribution in [2.45, 2.75) is 31.3 Å². The summed E-state index contributed by atoms with van der Waals surface area (Å²) in [4.78, 5) is 13.4. The Morgan fingerprint density at radius 3 is 3.00 bits per heavy atom. The van der Waals surface area contributed by atoms with Gasteiger partial charge in [0.05, 0.1) is 17.0 Å². The van der Waals surface area contributed by atoms with Crippen LogP contribution in [-0.2, 0) is 0 Å². The second kappa shape index (κ2) is 8.78. The summed E-state index contributed by atoms with van der Waals surface area (Å²) >= 11 is 3.25. The Balaban J connectivity index is 1.67. The van der Waals surface area contributed by atoms with Gasteiger partial charge in [-0.2, -0.15) is 15.2 Å².